The second-order valence-corrected chi connectivity index (χ2v) is 7.74. The van der Waals surface area contributed by atoms with E-state index in [0.29, 0.717) is 18.1 Å². The summed E-state index contributed by atoms with van der Waals surface area (Å²) in [6.45, 7) is 4.52. The van der Waals surface area contributed by atoms with Gasteiger partial charge in [-0.05, 0) is 25.1 Å². The van der Waals surface area contributed by atoms with Crippen molar-refractivity contribution >= 4 is 49.4 Å². The molecule has 1 heterocycles. The summed E-state index contributed by atoms with van der Waals surface area (Å²) < 4.78 is 14.7. The van der Waals surface area contributed by atoms with Gasteiger partial charge in [-0.25, -0.2) is 4.98 Å². The molecule has 0 aliphatic carbocycles. The molecular formula is C13H16BrClN2OS. The van der Waals surface area contributed by atoms with E-state index >= 15 is 0 Å². The Hall–Kier alpha value is -0.390. The monoisotopic (exact) mass is 362 g/mol. The second-order valence-electron chi connectivity index (χ2n) is 4.30. The van der Waals surface area contributed by atoms with Crippen LogP contribution in [-0.4, -0.2) is 25.3 Å². The van der Waals surface area contributed by atoms with E-state index in [2.05, 4.69) is 25.5 Å². The van der Waals surface area contributed by atoms with E-state index in [1.54, 1.807) is 0 Å². The Morgan fingerprint density at radius 2 is 2.26 bits per heavy atom. The minimum Gasteiger partial charge on any atom is -0.326 e. The lowest BCUT2D eigenvalue weighted by Crippen LogP contribution is -2.12. The predicted octanol–water partition coefficient (Wildman–Crippen LogP) is 3.87. The van der Waals surface area contributed by atoms with Gasteiger partial charge in [0.15, 0.2) is 0 Å². The molecule has 1 aromatic carbocycles. The van der Waals surface area contributed by atoms with E-state index in [1.807, 2.05) is 32.0 Å². The number of hydrogen-bond donors (Lipinski definition) is 0. The van der Waals surface area contributed by atoms with Crippen LogP contribution in [0.2, 0.25) is 0 Å². The maximum Gasteiger partial charge on any atom is 0.127 e. The maximum absolute atomic E-state index is 11.6. The lowest BCUT2D eigenvalue weighted by molar-refractivity contribution is 0.669. The molecule has 0 fully saturated rings. The molecule has 0 spiro atoms. The Kier molecular flexibility index (Phi) is 5.03. The number of aromatic nitrogens is 2. The van der Waals surface area contributed by atoms with Crippen molar-refractivity contribution in [3.05, 3.63) is 28.5 Å². The topological polar surface area (TPSA) is 34.9 Å². The molecule has 0 bridgehead atoms. The average molecular weight is 364 g/mol. The third-order valence-corrected chi connectivity index (χ3v) is 4.93. The highest BCUT2D eigenvalue weighted by atomic mass is 79.9. The zero-order chi connectivity index (χ0) is 14.0. The molecule has 1 aromatic heterocycles. The third kappa shape index (κ3) is 3.38. The van der Waals surface area contributed by atoms with Crippen LogP contribution in [0.15, 0.2) is 22.7 Å². The maximum atomic E-state index is 11.6. The molecule has 0 aliphatic rings. The molecule has 0 amide bonds. The lowest BCUT2D eigenvalue weighted by atomic mass is 10.3. The van der Waals surface area contributed by atoms with Crippen molar-refractivity contribution in [3.8, 4) is 0 Å². The van der Waals surface area contributed by atoms with Crippen LogP contribution in [0.25, 0.3) is 11.0 Å². The molecule has 0 radical (unpaired) electrons. The Morgan fingerprint density at radius 3 is 2.89 bits per heavy atom. The minimum atomic E-state index is -0.785. The average Bonchev–Trinajstić information content (AvgIpc) is 2.74. The quantitative estimate of drug-likeness (QED) is 0.756. The number of aryl methyl sites for hydroxylation is 1. The first-order chi connectivity index (χ1) is 9.02. The Bertz CT molecular complexity index is 612. The normalized spacial score (nSPS) is 14.7. The second kappa shape index (κ2) is 6.37. The molecule has 3 nitrogen and oxygen atoms in total. The molecule has 2 atom stereocenters. The van der Waals surface area contributed by atoms with Gasteiger partial charge in [0.2, 0.25) is 0 Å². The summed E-state index contributed by atoms with van der Waals surface area (Å²) in [7, 11) is -0.785. The van der Waals surface area contributed by atoms with Crippen LogP contribution in [-0.2, 0) is 17.3 Å². The van der Waals surface area contributed by atoms with E-state index in [9.17, 15) is 4.21 Å². The molecule has 0 saturated carbocycles. The molecular weight excluding hydrogens is 348 g/mol. The SMILES string of the molecule is CCS(=O)CCn1c(C(C)Cl)nc2ccc(Br)cc21. The highest BCUT2D eigenvalue weighted by Gasteiger charge is 2.15. The third-order valence-electron chi connectivity index (χ3n) is 2.96. The number of imidazole rings is 1. The number of alkyl halides is 1. The number of hydrogen-bond acceptors (Lipinski definition) is 2. The van der Waals surface area contributed by atoms with Gasteiger partial charge in [-0.1, -0.05) is 22.9 Å². The first-order valence-electron chi connectivity index (χ1n) is 6.17. The van der Waals surface area contributed by atoms with Crippen LogP contribution >= 0.6 is 27.5 Å². The predicted molar refractivity (Wildman–Crippen MR) is 85.3 cm³/mol. The summed E-state index contributed by atoms with van der Waals surface area (Å²) in [5.41, 5.74) is 1.96. The van der Waals surface area contributed by atoms with Crippen molar-refractivity contribution < 1.29 is 4.21 Å². The van der Waals surface area contributed by atoms with Gasteiger partial charge in [0.25, 0.3) is 0 Å². The number of rotatable bonds is 5. The number of fused-ring (bicyclic) bond motifs is 1. The van der Waals surface area contributed by atoms with Crippen LogP contribution in [0.4, 0.5) is 0 Å². The zero-order valence-corrected chi connectivity index (χ0v) is 14.1. The lowest BCUT2D eigenvalue weighted by Gasteiger charge is -2.10. The fourth-order valence-corrected chi connectivity index (χ4v) is 3.18. The Morgan fingerprint density at radius 1 is 1.53 bits per heavy atom. The summed E-state index contributed by atoms with van der Waals surface area (Å²) in [5.74, 6) is 2.15. The van der Waals surface area contributed by atoms with Gasteiger partial charge in [-0.3, -0.25) is 4.21 Å². The highest BCUT2D eigenvalue weighted by molar-refractivity contribution is 9.10. The summed E-state index contributed by atoms with van der Waals surface area (Å²) in [5, 5.41) is -0.166. The first-order valence-corrected chi connectivity index (χ1v) is 8.89. The van der Waals surface area contributed by atoms with Crippen molar-refractivity contribution in [1.29, 1.82) is 0 Å². The molecule has 104 valence electrons. The summed E-state index contributed by atoms with van der Waals surface area (Å²) in [6.07, 6.45) is 0. The fourth-order valence-electron chi connectivity index (χ4n) is 1.99. The molecule has 2 aromatic rings. The first kappa shape index (κ1) is 15.0. The Labute approximate surface area is 128 Å². The molecule has 2 unspecified atom stereocenters. The van der Waals surface area contributed by atoms with Crippen LogP contribution < -0.4 is 0 Å². The van der Waals surface area contributed by atoms with E-state index in [1.165, 1.54) is 0 Å². The Balaban J connectivity index is 2.45. The van der Waals surface area contributed by atoms with E-state index < -0.39 is 10.8 Å². The fraction of sp³-hybridized carbons (Fsp3) is 0.462. The summed E-state index contributed by atoms with van der Waals surface area (Å²) in [6, 6.07) is 5.96. The molecule has 19 heavy (non-hydrogen) atoms. The van der Waals surface area contributed by atoms with Gasteiger partial charge in [-0.2, -0.15) is 0 Å². The smallest absolute Gasteiger partial charge is 0.127 e. The van der Waals surface area contributed by atoms with E-state index in [0.717, 1.165) is 21.3 Å². The van der Waals surface area contributed by atoms with Crippen molar-refractivity contribution in [1.82, 2.24) is 9.55 Å². The van der Waals surface area contributed by atoms with Gasteiger partial charge in [0.05, 0.1) is 16.4 Å². The number of halogens is 2. The van der Waals surface area contributed by atoms with E-state index in [4.69, 9.17) is 11.6 Å². The standard InChI is InChI=1S/C13H16BrClN2OS/c1-3-19(18)7-6-17-12-8-10(14)4-5-11(12)16-13(17)9(2)15/h4-5,8-9H,3,6-7H2,1-2H3. The molecule has 0 N–H and O–H groups in total. The van der Waals surface area contributed by atoms with Gasteiger partial charge >= 0.3 is 0 Å². The highest BCUT2D eigenvalue weighted by Crippen LogP contribution is 2.26. The van der Waals surface area contributed by atoms with Gasteiger partial charge in [0, 0.05) is 33.3 Å². The number of benzene rings is 1. The largest absolute Gasteiger partial charge is 0.326 e. The van der Waals surface area contributed by atoms with Crippen LogP contribution in [0.3, 0.4) is 0 Å². The molecule has 0 saturated heterocycles. The van der Waals surface area contributed by atoms with Gasteiger partial charge in [-0.15, -0.1) is 11.6 Å². The summed E-state index contributed by atoms with van der Waals surface area (Å²) in [4.78, 5) is 4.57. The van der Waals surface area contributed by atoms with Gasteiger partial charge < -0.3 is 4.57 Å². The molecule has 0 aliphatic heterocycles. The van der Waals surface area contributed by atoms with Crippen LogP contribution in [0.5, 0.6) is 0 Å². The van der Waals surface area contributed by atoms with Crippen LogP contribution in [0, 0.1) is 0 Å². The molecule has 6 heteroatoms. The van der Waals surface area contributed by atoms with Gasteiger partial charge in [0.1, 0.15) is 5.82 Å². The number of nitrogens with zero attached hydrogens (tertiary/aromatic N) is 2. The van der Waals surface area contributed by atoms with E-state index in [-0.39, 0.29) is 5.38 Å². The minimum absolute atomic E-state index is 0.166. The van der Waals surface area contributed by atoms with Crippen molar-refractivity contribution in [2.75, 3.05) is 11.5 Å². The summed E-state index contributed by atoms with van der Waals surface area (Å²) >= 11 is 9.67. The van der Waals surface area contributed by atoms with Crippen LogP contribution in [0.1, 0.15) is 25.0 Å². The molecule has 2 rings (SSSR count). The van der Waals surface area contributed by atoms with Crippen molar-refractivity contribution in [3.63, 3.8) is 0 Å². The zero-order valence-electron chi connectivity index (χ0n) is 10.9. The van der Waals surface area contributed by atoms with Crippen molar-refractivity contribution in [2.24, 2.45) is 0 Å². The van der Waals surface area contributed by atoms with Crippen molar-refractivity contribution in [2.45, 2.75) is 25.8 Å².